The minimum atomic E-state index is -1.18. The summed E-state index contributed by atoms with van der Waals surface area (Å²) in [5.74, 6) is -1.78. The minimum absolute atomic E-state index is 0.0220. The number of nitrogens with two attached hydrogens (primary N) is 1. The molecular formula is C13H23N3O5. The van der Waals surface area contributed by atoms with Crippen molar-refractivity contribution in [2.75, 3.05) is 20.2 Å². The molecule has 0 radical (unpaired) electrons. The lowest BCUT2D eigenvalue weighted by Gasteiger charge is -2.39. The summed E-state index contributed by atoms with van der Waals surface area (Å²) in [4.78, 5) is 35.5. The summed E-state index contributed by atoms with van der Waals surface area (Å²) >= 11 is 0. The fourth-order valence-electron chi connectivity index (χ4n) is 2.33. The van der Waals surface area contributed by atoms with Crippen molar-refractivity contribution >= 4 is 17.9 Å². The van der Waals surface area contributed by atoms with Gasteiger partial charge in [0.15, 0.2) is 0 Å². The van der Waals surface area contributed by atoms with E-state index in [1.54, 1.807) is 7.11 Å². The summed E-state index contributed by atoms with van der Waals surface area (Å²) < 4.78 is 5.39. The van der Waals surface area contributed by atoms with Gasteiger partial charge in [0.25, 0.3) is 0 Å². The topological polar surface area (TPSA) is 122 Å². The normalized spacial score (nSPS) is 23.4. The standard InChI is InChI=1S/C13H23N3O5/c1-13(21-2)6-3-7-16(8-13)12(20)15-9(11(18)19)4-5-10(14)17/h9H,3-8H2,1-2H3,(H2,14,17)(H,15,20)(H,18,19)/t9-,13?/m0/s1. The molecule has 120 valence electrons. The smallest absolute Gasteiger partial charge is 0.326 e. The maximum Gasteiger partial charge on any atom is 0.326 e. The van der Waals surface area contributed by atoms with Crippen molar-refractivity contribution in [3.05, 3.63) is 0 Å². The predicted octanol–water partition coefficient (Wildman–Crippen LogP) is -0.0844. The number of hydrogen-bond acceptors (Lipinski definition) is 4. The number of urea groups is 1. The van der Waals surface area contributed by atoms with E-state index in [1.807, 2.05) is 6.92 Å². The fourth-order valence-corrected chi connectivity index (χ4v) is 2.33. The monoisotopic (exact) mass is 301 g/mol. The van der Waals surface area contributed by atoms with Crippen molar-refractivity contribution in [2.45, 2.75) is 44.2 Å². The van der Waals surface area contributed by atoms with Crippen molar-refractivity contribution in [3.63, 3.8) is 0 Å². The summed E-state index contributed by atoms with van der Waals surface area (Å²) in [5.41, 5.74) is 4.58. The quantitative estimate of drug-likeness (QED) is 0.633. The molecule has 0 spiro atoms. The van der Waals surface area contributed by atoms with Gasteiger partial charge in [-0.3, -0.25) is 4.79 Å². The van der Waals surface area contributed by atoms with E-state index in [-0.39, 0.29) is 12.8 Å². The lowest BCUT2D eigenvalue weighted by atomic mass is 9.95. The van der Waals surface area contributed by atoms with Crippen molar-refractivity contribution in [1.29, 1.82) is 0 Å². The molecule has 8 heteroatoms. The summed E-state index contributed by atoms with van der Waals surface area (Å²) in [7, 11) is 1.59. The summed E-state index contributed by atoms with van der Waals surface area (Å²) in [6, 6.07) is -1.59. The second kappa shape index (κ2) is 7.26. The first-order valence-corrected chi connectivity index (χ1v) is 6.89. The van der Waals surface area contributed by atoms with Crippen LogP contribution >= 0.6 is 0 Å². The number of nitrogens with one attached hydrogen (secondary N) is 1. The Labute approximate surface area is 123 Å². The highest BCUT2D eigenvalue weighted by Crippen LogP contribution is 2.23. The van der Waals surface area contributed by atoms with Crippen LogP contribution in [-0.2, 0) is 14.3 Å². The minimum Gasteiger partial charge on any atom is -0.480 e. The van der Waals surface area contributed by atoms with Crippen LogP contribution in [0, 0.1) is 0 Å². The van der Waals surface area contributed by atoms with Gasteiger partial charge >= 0.3 is 12.0 Å². The molecule has 4 N–H and O–H groups in total. The first-order chi connectivity index (χ1) is 9.77. The van der Waals surface area contributed by atoms with E-state index in [2.05, 4.69) is 5.32 Å². The van der Waals surface area contributed by atoms with Gasteiger partial charge in [-0.15, -0.1) is 0 Å². The molecule has 0 aliphatic carbocycles. The van der Waals surface area contributed by atoms with Crippen LogP contribution in [0.5, 0.6) is 0 Å². The van der Waals surface area contributed by atoms with Crippen molar-refractivity contribution in [2.24, 2.45) is 5.73 Å². The molecule has 0 aromatic heterocycles. The lowest BCUT2D eigenvalue weighted by molar-refractivity contribution is -0.139. The van der Waals surface area contributed by atoms with E-state index in [9.17, 15) is 14.4 Å². The maximum absolute atomic E-state index is 12.1. The van der Waals surface area contributed by atoms with Crippen LogP contribution < -0.4 is 11.1 Å². The third-order valence-electron chi connectivity index (χ3n) is 3.71. The van der Waals surface area contributed by atoms with Crippen LogP contribution in [-0.4, -0.2) is 59.8 Å². The number of likely N-dealkylation sites (tertiary alicyclic amines) is 1. The van der Waals surface area contributed by atoms with Gasteiger partial charge in [-0.05, 0) is 26.2 Å². The Balaban J connectivity index is 2.60. The highest BCUT2D eigenvalue weighted by atomic mass is 16.5. The van der Waals surface area contributed by atoms with Gasteiger partial charge in [-0.1, -0.05) is 0 Å². The second-order valence-corrected chi connectivity index (χ2v) is 5.52. The molecule has 1 aliphatic rings. The number of methoxy groups -OCH3 is 1. The van der Waals surface area contributed by atoms with Crippen LogP contribution in [0.3, 0.4) is 0 Å². The number of carbonyl (C=O) groups excluding carboxylic acids is 2. The molecule has 0 aromatic carbocycles. The van der Waals surface area contributed by atoms with Gasteiger partial charge in [0.1, 0.15) is 6.04 Å². The summed E-state index contributed by atoms with van der Waals surface area (Å²) in [6.07, 6.45) is 1.52. The van der Waals surface area contributed by atoms with Crippen molar-refractivity contribution in [3.8, 4) is 0 Å². The lowest BCUT2D eigenvalue weighted by Crippen LogP contribution is -2.55. The first-order valence-electron chi connectivity index (χ1n) is 6.89. The number of carboxylic acids is 1. The molecule has 1 rings (SSSR count). The van der Waals surface area contributed by atoms with Crippen LogP contribution in [0.4, 0.5) is 4.79 Å². The summed E-state index contributed by atoms with van der Waals surface area (Å²) in [5, 5.41) is 11.5. The second-order valence-electron chi connectivity index (χ2n) is 5.52. The van der Waals surface area contributed by atoms with Gasteiger partial charge < -0.3 is 25.8 Å². The average molecular weight is 301 g/mol. The Hall–Kier alpha value is -1.83. The number of amides is 3. The molecule has 0 aromatic rings. The van der Waals surface area contributed by atoms with Crippen LogP contribution in [0.25, 0.3) is 0 Å². The van der Waals surface area contributed by atoms with E-state index in [4.69, 9.17) is 15.6 Å². The zero-order chi connectivity index (χ0) is 16.0. The highest BCUT2D eigenvalue weighted by Gasteiger charge is 2.34. The molecule has 21 heavy (non-hydrogen) atoms. The van der Waals surface area contributed by atoms with Gasteiger partial charge in [0, 0.05) is 20.1 Å². The Morgan fingerprint density at radius 2 is 2.14 bits per heavy atom. The molecule has 1 aliphatic heterocycles. The van der Waals surface area contributed by atoms with Crippen molar-refractivity contribution in [1.82, 2.24) is 10.2 Å². The van der Waals surface area contributed by atoms with E-state index in [0.717, 1.165) is 12.8 Å². The van der Waals surface area contributed by atoms with E-state index >= 15 is 0 Å². The zero-order valence-electron chi connectivity index (χ0n) is 12.4. The number of nitrogens with zero attached hydrogens (tertiary/aromatic N) is 1. The number of carboxylic acid groups (broad SMARTS) is 1. The largest absolute Gasteiger partial charge is 0.480 e. The zero-order valence-corrected chi connectivity index (χ0v) is 12.4. The van der Waals surface area contributed by atoms with Crippen LogP contribution in [0.2, 0.25) is 0 Å². The molecular weight excluding hydrogens is 278 g/mol. The third kappa shape index (κ3) is 5.22. The number of primary amides is 1. The van der Waals surface area contributed by atoms with Crippen LogP contribution in [0.15, 0.2) is 0 Å². The fraction of sp³-hybridized carbons (Fsp3) is 0.769. The Bertz CT molecular complexity index is 415. The van der Waals surface area contributed by atoms with Gasteiger partial charge in [-0.25, -0.2) is 9.59 Å². The number of ether oxygens (including phenoxy) is 1. The Kier molecular flexibility index (Phi) is 5.95. The molecule has 8 nitrogen and oxygen atoms in total. The molecule has 3 amide bonds. The Morgan fingerprint density at radius 3 is 2.67 bits per heavy atom. The van der Waals surface area contributed by atoms with E-state index in [0.29, 0.717) is 13.1 Å². The van der Waals surface area contributed by atoms with E-state index < -0.39 is 29.6 Å². The first kappa shape index (κ1) is 17.2. The summed E-state index contributed by atoms with van der Waals surface area (Å²) in [6.45, 7) is 2.86. The molecule has 0 bridgehead atoms. The predicted molar refractivity (Wildman–Crippen MR) is 74.6 cm³/mol. The highest BCUT2D eigenvalue weighted by molar-refractivity contribution is 5.83. The van der Waals surface area contributed by atoms with Gasteiger partial charge in [-0.2, -0.15) is 0 Å². The molecule has 1 unspecified atom stereocenters. The van der Waals surface area contributed by atoms with E-state index in [1.165, 1.54) is 4.90 Å². The SMILES string of the molecule is COC1(C)CCCN(C(=O)N[C@@H](CCC(N)=O)C(=O)O)C1. The maximum atomic E-state index is 12.1. The number of aliphatic carboxylic acids is 1. The number of rotatable bonds is 6. The molecule has 1 saturated heterocycles. The van der Waals surface area contributed by atoms with Crippen molar-refractivity contribution < 1.29 is 24.2 Å². The molecule has 1 heterocycles. The molecule has 0 saturated carbocycles. The van der Waals surface area contributed by atoms with Crippen LogP contribution in [0.1, 0.15) is 32.6 Å². The average Bonchev–Trinajstić information content (AvgIpc) is 2.42. The number of piperidine rings is 1. The molecule has 2 atom stereocenters. The molecule has 1 fully saturated rings. The number of carbonyl (C=O) groups is 3. The van der Waals surface area contributed by atoms with Gasteiger partial charge in [0.05, 0.1) is 12.1 Å². The number of hydrogen-bond donors (Lipinski definition) is 3. The van der Waals surface area contributed by atoms with Gasteiger partial charge in [0.2, 0.25) is 5.91 Å². The Morgan fingerprint density at radius 1 is 1.48 bits per heavy atom. The third-order valence-corrected chi connectivity index (χ3v) is 3.71.